The summed E-state index contributed by atoms with van der Waals surface area (Å²) in [7, 11) is 1.48. The topological polar surface area (TPSA) is 38.3 Å². The lowest BCUT2D eigenvalue weighted by atomic mass is 10.2. The van der Waals surface area contributed by atoms with Crippen LogP contribution in [0.3, 0.4) is 0 Å². The van der Waals surface area contributed by atoms with Gasteiger partial charge in [-0.1, -0.05) is 15.9 Å². The van der Waals surface area contributed by atoms with Crippen molar-refractivity contribution in [1.29, 1.82) is 0 Å². The van der Waals surface area contributed by atoms with Crippen LogP contribution in [-0.4, -0.2) is 17.8 Å². The van der Waals surface area contributed by atoms with Gasteiger partial charge in [-0.15, -0.1) is 0 Å². The molecule has 0 bridgehead atoms. The first kappa shape index (κ1) is 12.0. The number of alkyl halides is 1. The first-order valence-corrected chi connectivity index (χ1v) is 5.24. The van der Waals surface area contributed by atoms with Crippen molar-refractivity contribution in [3.63, 3.8) is 0 Å². The number of carbonyl (C=O) groups excluding carboxylic acids is 1. The minimum Gasteiger partial charge on any atom is -0.497 e. The van der Waals surface area contributed by atoms with Crippen LogP contribution in [-0.2, 0) is 4.79 Å². The van der Waals surface area contributed by atoms with Gasteiger partial charge in [-0.05, 0) is 19.1 Å². The number of methoxy groups -OCH3 is 1. The number of ether oxygens (including phenoxy) is 1. The minimum absolute atomic E-state index is 0.116. The highest BCUT2D eigenvalue weighted by Crippen LogP contribution is 2.21. The Kier molecular flexibility index (Phi) is 4.08. The van der Waals surface area contributed by atoms with Crippen molar-refractivity contribution in [2.75, 3.05) is 12.4 Å². The van der Waals surface area contributed by atoms with Gasteiger partial charge >= 0.3 is 0 Å². The second-order valence-corrected chi connectivity index (χ2v) is 4.32. The number of benzene rings is 1. The molecule has 1 N–H and O–H groups in total. The van der Waals surface area contributed by atoms with E-state index in [0.29, 0.717) is 5.75 Å². The third-order valence-corrected chi connectivity index (χ3v) is 2.21. The normalized spacial score (nSPS) is 12.0. The fourth-order valence-corrected chi connectivity index (χ4v) is 1.07. The van der Waals surface area contributed by atoms with Crippen molar-refractivity contribution in [1.82, 2.24) is 0 Å². The van der Waals surface area contributed by atoms with E-state index in [-0.39, 0.29) is 16.4 Å². The molecule has 1 atom stereocenters. The van der Waals surface area contributed by atoms with Crippen LogP contribution in [0.1, 0.15) is 6.92 Å². The van der Waals surface area contributed by atoms with Crippen LogP contribution in [0.15, 0.2) is 18.2 Å². The molecule has 1 unspecified atom stereocenters. The second kappa shape index (κ2) is 5.11. The van der Waals surface area contributed by atoms with Crippen molar-refractivity contribution in [3.8, 4) is 5.75 Å². The molecule has 1 rings (SSSR count). The number of hydrogen-bond acceptors (Lipinski definition) is 2. The fraction of sp³-hybridized carbons (Fsp3) is 0.300. The smallest absolute Gasteiger partial charge is 0.237 e. The quantitative estimate of drug-likeness (QED) is 0.862. The Morgan fingerprint density at radius 3 is 2.80 bits per heavy atom. The third kappa shape index (κ3) is 3.20. The highest BCUT2D eigenvalue weighted by molar-refractivity contribution is 9.10. The summed E-state index contributed by atoms with van der Waals surface area (Å²) in [6, 6.07) is 4.17. The van der Waals surface area contributed by atoms with Crippen molar-refractivity contribution in [3.05, 3.63) is 24.0 Å². The van der Waals surface area contributed by atoms with Crippen molar-refractivity contribution in [2.24, 2.45) is 0 Å². The van der Waals surface area contributed by atoms with E-state index in [1.165, 1.54) is 25.3 Å². The van der Waals surface area contributed by atoms with E-state index < -0.39 is 5.82 Å². The maximum atomic E-state index is 13.2. The maximum absolute atomic E-state index is 13.2. The molecule has 0 aromatic heterocycles. The van der Waals surface area contributed by atoms with Crippen LogP contribution in [0.4, 0.5) is 10.1 Å². The Morgan fingerprint density at radius 2 is 2.27 bits per heavy atom. The molecule has 1 aromatic rings. The van der Waals surface area contributed by atoms with Crippen molar-refractivity contribution >= 4 is 27.5 Å². The molecular formula is C10H11BrFNO2. The Balaban J connectivity index is 2.88. The molecule has 3 nitrogen and oxygen atoms in total. The van der Waals surface area contributed by atoms with Gasteiger partial charge in [-0.3, -0.25) is 4.79 Å². The summed E-state index contributed by atoms with van der Waals surface area (Å²) in [5.74, 6) is -0.298. The lowest BCUT2D eigenvalue weighted by Gasteiger charge is -2.09. The second-order valence-electron chi connectivity index (χ2n) is 2.95. The van der Waals surface area contributed by atoms with Gasteiger partial charge in [0.1, 0.15) is 11.6 Å². The van der Waals surface area contributed by atoms with E-state index in [9.17, 15) is 9.18 Å². The molecule has 0 saturated heterocycles. The number of carbonyl (C=O) groups is 1. The van der Waals surface area contributed by atoms with E-state index in [4.69, 9.17) is 4.74 Å². The zero-order valence-electron chi connectivity index (χ0n) is 8.38. The summed E-state index contributed by atoms with van der Waals surface area (Å²) in [6.45, 7) is 1.66. The van der Waals surface area contributed by atoms with Crippen molar-refractivity contribution < 1.29 is 13.9 Å². The van der Waals surface area contributed by atoms with Crippen molar-refractivity contribution in [2.45, 2.75) is 11.8 Å². The average Bonchev–Trinajstić information content (AvgIpc) is 2.21. The largest absolute Gasteiger partial charge is 0.497 e. The number of halogens is 2. The summed E-state index contributed by atoms with van der Waals surface area (Å²) in [5, 5.41) is 2.44. The molecule has 0 aliphatic rings. The predicted molar refractivity (Wildman–Crippen MR) is 60.0 cm³/mol. The molecule has 1 aromatic carbocycles. The summed E-state index contributed by atoms with van der Waals surface area (Å²) in [5.41, 5.74) is 0.116. The first-order valence-electron chi connectivity index (χ1n) is 4.33. The Bertz CT molecular complexity index is 368. The van der Waals surface area contributed by atoms with Crippen LogP contribution >= 0.6 is 15.9 Å². The van der Waals surface area contributed by atoms with Gasteiger partial charge in [-0.25, -0.2) is 4.39 Å². The van der Waals surface area contributed by atoms with E-state index in [2.05, 4.69) is 21.2 Å². The van der Waals surface area contributed by atoms with Gasteiger partial charge < -0.3 is 10.1 Å². The van der Waals surface area contributed by atoms with Crippen LogP contribution in [0.5, 0.6) is 5.75 Å². The number of hydrogen-bond donors (Lipinski definition) is 1. The van der Waals surface area contributed by atoms with E-state index in [0.717, 1.165) is 0 Å². The van der Waals surface area contributed by atoms with Crippen LogP contribution in [0.2, 0.25) is 0 Å². The van der Waals surface area contributed by atoms with Gasteiger partial charge in [0.05, 0.1) is 17.6 Å². The van der Waals surface area contributed by atoms with Gasteiger partial charge in [0.2, 0.25) is 5.91 Å². The Morgan fingerprint density at radius 1 is 1.60 bits per heavy atom. The van der Waals surface area contributed by atoms with Gasteiger partial charge in [0.15, 0.2) is 0 Å². The molecule has 0 aliphatic carbocycles. The minimum atomic E-state index is -0.489. The zero-order chi connectivity index (χ0) is 11.4. The van der Waals surface area contributed by atoms with Crippen LogP contribution < -0.4 is 10.1 Å². The maximum Gasteiger partial charge on any atom is 0.237 e. The fourth-order valence-electron chi connectivity index (χ4n) is 0.959. The molecule has 0 radical (unpaired) electrons. The average molecular weight is 276 g/mol. The molecule has 1 amide bonds. The molecule has 82 valence electrons. The van der Waals surface area contributed by atoms with E-state index in [1.807, 2.05) is 0 Å². The molecule has 0 aliphatic heterocycles. The Labute approximate surface area is 95.7 Å². The van der Waals surface area contributed by atoms with E-state index >= 15 is 0 Å². The predicted octanol–water partition coefficient (Wildman–Crippen LogP) is 2.56. The van der Waals surface area contributed by atoms with Gasteiger partial charge in [0.25, 0.3) is 0 Å². The molecule has 0 saturated carbocycles. The van der Waals surface area contributed by atoms with Crippen LogP contribution in [0, 0.1) is 5.82 Å². The van der Waals surface area contributed by atoms with Crippen LogP contribution in [0.25, 0.3) is 0 Å². The van der Waals surface area contributed by atoms with Gasteiger partial charge in [-0.2, -0.15) is 0 Å². The van der Waals surface area contributed by atoms with E-state index in [1.54, 1.807) is 6.92 Å². The Hall–Kier alpha value is -1.10. The lowest BCUT2D eigenvalue weighted by Crippen LogP contribution is -2.20. The first-order chi connectivity index (χ1) is 7.04. The highest BCUT2D eigenvalue weighted by atomic mass is 79.9. The standard InChI is InChI=1S/C10H11BrFNO2/c1-6(11)10(14)13-9-5-7(15-2)3-4-8(9)12/h3-6H,1-2H3,(H,13,14). The highest BCUT2D eigenvalue weighted by Gasteiger charge is 2.12. The molecule has 0 spiro atoms. The monoisotopic (exact) mass is 275 g/mol. The summed E-state index contributed by atoms with van der Waals surface area (Å²) in [4.78, 5) is 10.9. The summed E-state index contributed by atoms with van der Waals surface area (Å²) >= 11 is 3.09. The summed E-state index contributed by atoms with van der Waals surface area (Å²) < 4.78 is 18.2. The molecule has 0 fully saturated rings. The lowest BCUT2D eigenvalue weighted by molar-refractivity contribution is -0.115. The molecule has 0 heterocycles. The zero-order valence-corrected chi connectivity index (χ0v) is 9.97. The third-order valence-electron chi connectivity index (χ3n) is 1.79. The molecular weight excluding hydrogens is 265 g/mol. The summed E-state index contributed by atoms with van der Waals surface area (Å²) in [6.07, 6.45) is 0. The number of rotatable bonds is 3. The number of anilines is 1. The number of amides is 1. The van der Waals surface area contributed by atoms with Gasteiger partial charge in [0, 0.05) is 6.07 Å². The molecule has 5 heteroatoms. The SMILES string of the molecule is COc1ccc(F)c(NC(=O)C(C)Br)c1. The molecule has 15 heavy (non-hydrogen) atoms. The number of nitrogens with one attached hydrogen (secondary N) is 1.